The lowest BCUT2D eigenvalue weighted by atomic mass is 10.1. The van der Waals surface area contributed by atoms with Crippen LogP contribution in [0.4, 0.5) is 5.69 Å². The van der Waals surface area contributed by atoms with Crippen molar-refractivity contribution in [3.05, 3.63) is 58.7 Å². The van der Waals surface area contributed by atoms with E-state index in [0.717, 1.165) is 5.56 Å². The van der Waals surface area contributed by atoms with Crippen molar-refractivity contribution in [3.8, 4) is 5.75 Å². The predicted octanol–water partition coefficient (Wildman–Crippen LogP) is 4.58. The van der Waals surface area contributed by atoms with Crippen LogP contribution >= 0.6 is 0 Å². The molecule has 27 heavy (non-hydrogen) atoms. The molecular weight excluding hydrogens is 342 g/mol. The van der Waals surface area contributed by atoms with Crippen molar-refractivity contribution in [1.82, 2.24) is 0 Å². The van der Waals surface area contributed by atoms with Gasteiger partial charge in [-0.05, 0) is 75.1 Å². The molecule has 2 aromatic rings. The minimum atomic E-state index is -0.627. The van der Waals surface area contributed by atoms with Gasteiger partial charge in [0.05, 0.1) is 12.2 Å². The van der Waals surface area contributed by atoms with Gasteiger partial charge in [-0.2, -0.15) is 0 Å². The maximum absolute atomic E-state index is 12.7. The molecular formula is C22H27NO4. The van der Waals surface area contributed by atoms with Crippen molar-refractivity contribution in [2.45, 2.75) is 47.1 Å². The molecule has 1 unspecified atom stereocenters. The van der Waals surface area contributed by atoms with Crippen LogP contribution in [0.25, 0.3) is 0 Å². The van der Waals surface area contributed by atoms with E-state index in [1.165, 1.54) is 5.56 Å². The number of hydrogen-bond acceptors (Lipinski definition) is 4. The van der Waals surface area contributed by atoms with Crippen LogP contribution in [0.15, 0.2) is 36.4 Å². The number of benzene rings is 2. The van der Waals surface area contributed by atoms with E-state index in [0.29, 0.717) is 35.6 Å². The molecule has 0 fully saturated rings. The fraction of sp³-hybridized carbons (Fsp3) is 0.364. The van der Waals surface area contributed by atoms with Crippen LogP contribution in [-0.2, 0) is 9.53 Å². The summed E-state index contributed by atoms with van der Waals surface area (Å²) in [7, 11) is 0. The highest BCUT2D eigenvalue weighted by Crippen LogP contribution is 2.22. The molecule has 2 rings (SSSR count). The molecule has 0 spiro atoms. The number of amides is 1. The Morgan fingerprint density at radius 3 is 2.41 bits per heavy atom. The number of hydrogen-bond donors (Lipinski definition) is 1. The fourth-order valence-electron chi connectivity index (χ4n) is 2.69. The third-order valence-electron chi connectivity index (χ3n) is 4.51. The largest absolute Gasteiger partial charge is 0.481 e. The molecule has 0 saturated carbocycles. The Balaban J connectivity index is 2.15. The van der Waals surface area contributed by atoms with Gasteiger partial charge < -0.3 is 14.8 Å². The number of anilines is 1. The normalized spacial score (nSPS) is 11.6. The fourth-order valence-corrected chi connectivity index (χ4v) is 2.69. The quantitative estimate of drug-likeness (QED) is 0.725. The Bertz CT molecular complexity index is 829. The first-order valence-corrected chi connectivity index (χ1v) is 9.18. The van der Waals surface area contributed by atoms with E-state index in [9.17, 15) is 9.59 Å². The van der Waals surface area contributed by atoms with Gasteiger partial charge in [-0.1, -0.05) is 19.1 Å². The summed E-state index contributed by atoms with van der Waals surface area (Å²) in [6, 6.07) is 10.9. The van der Waals surface area contributed by atoms with E-state index < -0.39 is 12.1 Å². The smallest absolute Gasteiger partial charge is 0.338 e. The molecule has 0 bridgehead atoms. The Morgan fingerprint density at radius 1 is 1.04 bits per heavy atom. The molecule has 5 nitrogen and oxygen atoms in total. The molecule has 1 atom stereocenters. The third kappa shape index (κ3) is 5.09. The first-order valence-electron chi connectivity index (χ1n) is 9.18. The Labute approximate surface area is 160 Å². The average molecular weight is 369 g/mol. The first kappa shape index (κ1) is 20.5. The monoisotopic (exact) mass is 369 g/mol. The van der Waals surface area contributed by atoms with Crippen molar-refractivity contribution in [2.24, 2.45) is 0 Å². The van der Waals surface area contributed by atoms with Crippen molar-refractivity contribution in [2.75, 3.05) is 11.9 Å². The van der Waals surface area contributed by atoms with Crippen molar-refractivity contribution in [1.29, 1.82) is 0 Å². The van der Waals surface area contributed by atoms with Crippen LogP contribution in [-0.4, -0.2) is 24.6 Å². The van der Waals surface area contributed by atoms with Gasteiger partial charge in [-0.3, -0.25) is 4.79 Å². The zero-order valence-electron chi connectivity index (χ0n) is 16.6. The average Bonchev–Trinajstić information content (AvgIpc) is 2.64. The molecule has 0 aromatic heterocycles. The van der Waals surface area contributed by atoms with E-state index in [4.69, 9.17) is 9.47 Å². The third-order valence-corrected chi connectivity index (χ3v) is 4.51. The first-order chi connectivity index (χ1) is 12.9. The summed E-state index contributed by atoms with van der Waals surface area (Å²) in [6.07, 6.45) is -0.104. The second kappa shape index (κ2) is 9.21. The lowest BCUT2D eigenvalue weighted by Gasteiger charge is -2.19. The standard InChI is InChI=1S/C22H27NO4/c1-6-20(27-17-12-11-14(3)15(4)13-17)21(24)23-19-10-8-9-18(16(19)5)22(25)26-7-2/h8-13,20H,6-7H2,1-5H3,(H,23,24). The SMILES string of the molecule is CCOC(=O)c1cccc(NC(=O)C(CC)Oc2ccc(C)c(C)c2)c1C. The summed E-state index contributed by atoms with van der Waals surface area (Å²) in [6.45, 7) is 9.78. The minimum absolute atomic E-state index is 0.250. The van der Waals surface area contributed by atoms with Crippen LogP contribution in [0.5, 0.6) is 5.75 Å². The summed E-state index contributed by atoms with van der Waals surface area (Å²) < 4.78 is 10.9. The number of nitrogens with one attached hydrogen (secondary N) is 1. The van der Waals surface area contributed by atoms with E-state index in [1.807, 2.05) is 39.0 Å². The maximum atomic E-state index is 12.7. The van der Waals surface area contributed by atoms with Gasteiger partial charge in [0, 0.05) is 5.69 Å². The van der Waals surface area contributed by atoms with Gasteiger partial charge in [0.2, 0.25) is 0 Å². The summed E-state index contributed by atoms with van der Waals surface area (Å²) in [5, 5.41) is 2.87. The summed E-state index contributed by atoms with van der Waals surface area (Å²) >= 11 is 0. The number of esters is 1. The van der Waals surface area contributed by atoms with Gasteiger partial charge in [0.15, 0.2) is 6.10 Å². The summed E-state index contributed by atoms with van der Waals surface area (Å²) in [5.41, 5.74) is 3.97. The van der Waals surface area contributed by atoms with Crippen LogP contribution in [0.1, 0.15) is 47.3 Å². The number of rotatable bonds is 7. The molecule has 144 valence electrons. The van der Waals surface area contributed by atoms with Crippen molar-refractivity contribution >= 4 is 17.6 Å². The van der Waals surface area contributed by atoms with Crippen LogP contribution < -0.4 is 10.1 Å². The Kier molecular flexibility index (Phi) is 6.99. The van der Waals surface area contributed by atoms with Gasteiger partial charge >= 0.3 is 5.97 Å². The molecule has 1 N–H and O–H groups in total. The van der Waals surface area contributed by atoms with Crippen LogP contribution in [0.2, 0.25) is 0 Å². The molecule has 0 heterocycles. The second-order valence-corrected chi connectivity index (χ2v) is 6.45. The summed E-state index contributed by atoms with van der Waals surface area (Å²) in [4.78, 5) is 24.7. The minimum Gasteiger partial charge on any atom is -0.481 e. The molecule has 5 heteroatoms. The lowest BCUT2D eigenvalue weighted by Crippen LogP contribution is -2.32. The lowest BCUT2D eigenvalue weighted by molar-refractivity contribution is -0.122. The van der Waals surface area contributed by atoms with Crippen molar-refractivity contribution in [3.63, 3.8) is 0 Å². The molecule has 2 aromatic carbocycles. The number of carbonyl (C=O) groups is 2. The highest BCUT2D eigenvalue weighted by Gasteiger charge is 2.21. The number of ether oxygens (including phenoxy) is 2. The van der Waals surface area contributed by atoms with E-state index >= 15 is 0 Å². The molecule has 1 amide bonds. The zero-order valence-corrected chi connectivity index (χ0v) is 16.6. The topological polar surface area (TPSA) is 64.6 Å². The van der Waals surface area contributed by atoms with Crippen molar-refractivity contribution < 1.29 is 19.1 Å². The summed E-state index contributed by atoms with van der Waals surface area (Å²) in [5.74, 6) is 0.0152. The molecule has 0 aliphatic rings. The molecule has 0 saturated heterocycles. The van der Waals surface area contributed by atoms with Crippen LogP contribution in [0.3, 0.4) is 0 Å². The van der Waals surface area contributed by atoms with Gasteiger partial charge in [-0.25, -0.2) is 4.79 Å². The predicted molar refractivity (Wildman–Crippen MR) is 106 cm³/mol. The van der Waals surface area contributed by atoms with E-state index in [1.54, 1.807) is 32.0 Å². The molecule has 0 radical (unpaired) electrons. The van der Waals surface area contributed by atoms with E-state index in [-0.39, 0.29) is 5.91 Å². The Hall–Kier alpha value is -2.82. The number of aryl methyl sites for hydroxylation is 2. The van der Waals surface area contributed by atoms with Gasteiger partial charge in [0.1, 0.15) is 5.75 Å². The zero-order chi connectivity index (χ0) is 20.0. The number of carbonyl (C=O) groups excluding carboxylic acids is 2. The van der Waals surface area contributed by atoms with E-state index in [2.05, 4.69) is 5.32 Å². The maximum Gasteiger partial charge on any atom is 0.338 e. The highest BCUT2D eigenvalue weighted by atomic mass is 16.5. The molecule has 0 aliphatic carbocycles. The Morgan fingerprint density at radius 2 is 1.78 bits per heavy atom. The highest BCUT2D eigenvalue weighted by molar-refractivity contribution is 5.98. The van der Waals surface area contributed by atoms with Gasteiger partial charge in [0.25, 0.3) is 5.91 Å². The van der Waals surface area contributed by atoms with Gasteiger partial charge in [-0.15, -0.1) is 0 Å². The van der Waals surface area contributed by atoms with Crippen LogP contribution in [0, 0.1) is 20.8 Å². The molecule has 0 aliphatic heterocycles. The second-order valence-electron chi connectivity index (χ2n) is 6.45.